The topological polar surface area (TPSA) is 105 Å². The fourth-order valence-electron chi connectivity index (χ4n) is 8.70. The van der Waals surface area contributed by atoms with Gasteiger partial charge in [-0.1, -0.05) is 271 Å². The van der Waals surface area contributed by atoms with Crippen LogP contribution in [0.15, 0.2) is 0 Å². The van der Waals surface area contributed by atoms with Gasteiger partial charge >= 0.3 is 7.82 Å². The molecule has 0 radical (unpaired) electrons. The Morgan fingerprint density at radius 3 is 1.06 bits per heavy atom. The van der Waals surface area contributed by atoms with Crippen LogP contribution in [0.1, 0.15) is 290 Å². The minimum Gasteiger partial charge on any atom is -0.391 e. The minimum atomic E-state index is -4.30. The SMILES string of the molecule is CCCCCCCCCCCCCCCCCCCCCCCCCCCCCCCCCCCCCC(=O)NC(COP(=O)(O)OCC[N+](C)(C)C)C(O)CCCCCCCC. The maximum absolute atomic E-state index is 12.8. The van der Waals surface area contributed by atoms with E-state index in [1.807, 2.05) is 21.1 Å². The van der Waals surface area contributed by atoms with Gasteiger partial charge in [0.1, 0.15) is 13.2 Å². The number of aliphatic hydroxyl groups excluding tert-OH is 1. The molecule has 0 saturated carbocycles. The second-order valence-electron chi connectivity index (χ2n) is 20.7. The first-order valence-corrected chi connectivity index (χ1v) is 29.4. The molecule has 0 aliphatic heterocycles. The molecule has 378 valence electrons. The molecule has 0 aliphatic rings. The highest BCUT2D eigenvalue weighted by molar-refractivity contribution is 7.47. The summed E-state index contributed by atoms with van der Waals surface area (Å²) in [4.78, 5) is 23.1. The molecule has 3 unspecified atom stereocenters. The molecule has 0 saturated heterocycles. The number of amides is 1. The van der Waals surface area contributed by atoms with Crippen LogP contribution in [0.5, 0.6) is 0 Å². The fourth-order valence-corrected chi connectivity index (χ4v) is 9.43. The van der Waals surface area contributed by atoms with Crippen LogP contribution >= 0.6 is 7.82 Å². The molecule has 0 aromatic heterocycles. The maximum Gasteiger partial charge on any atom is 0.472 e. The second-order valence-corrected chi connectivity index (χ2v) is 22.1. The fraction of sp³-hybridized carbons (Fsp3) is 0.981. The van der Waals surface area contributed by atoms with E-state index in [4.69, 9.17) is 9.05 Å². The molecule has 63 heavy (non-hydrogen) atoms. The molecular formula is C54H112N2O6P+. The van der Waals surface area contributed by atoms with Gasteiger partial charge in [0.25, 0.3) is 0 Å². The van der Waals surface area contributed by atoms with Crippen molar-refractivity contribution in [3.05, 3.63) is 0 Å². The largest absolute Gasteiger partial charge is 0.472 e. The van der Waals surface area contributed by atoms with E-state index in [2.05, 4.69) is 19.2 Å². The van der Waals surface area contributed by atoms with E-state index >= 15 is 0 Å². The van der Waals surface area contributed by atoms with E-state index in [1.165, 1.54) is 225 Å². The molecule has 3 atom stereocenters. The Morgan fingerprint density at radius 1 is 0.476 bits per heavy atom. The molecule has 0 heterocycles. The van der Waals surface area contributed by atoms with Gasteiger partial charge in [0.05, 0.1) is 39.9 Å². The lowest BCUT2D eigenvalue weighted by Crippen LogP contribution is -2.46. The minimum absolute atomic E-state index is 0.0777. The van der Waals surface area contributed by atoms with E-state index in [0.717, 1.165) is 38.5 Å². The van der Waals surface area contributed by atoms with Crippen molar-refractivity contribution in [2.24, 2.45) is 0 Å². The van der Waals surface area contributed by atoms with E-state index in [-0.39, 0.29) is 19.1 Å². The van der Waals surface area contributed by atoms with E-state index in [0.29, 0.717) is 23.9 Å². The van der Waals surface area contributed by atoms with E-state index in [1.54, 1.807) is 0 Å². The molecule has 0 bridgehead atoms. The summed E-state index contributed by atoms with van der Waals surface area (Å²) in [7, 11) is 1.63. The van der Waals surface area contributed by atoms with Crippen molar-refractivity contribution in [2.45, 2.75) is 302 Å². The number of hydrogen-bond acceptors (Lipinski definition) is 5. The summed E-state index contributed by atoms with van der Waals surface area (Å²) in [6.45, 7) is 4.86. The van der Waals surface area contributed by atoms with Gasteiger partial charge < -0.3 is 19.8 Å². The summed E-state index contributed by atoms with van der Waals surface area (Å²) in [6, 6.07) is -0.751. The van der Waals surface area contributed by atoms with Crippen LogP contribution in [0.4, 0.5) is 0 Å². The van der Waals surface area contributed by atoms with Crippen LogP contribution in [0, 0.1) is 0 Å². The molecule has 0 fully saturated rings. The first-order chi connectivity index (χ1) is 30.5. The summed E-state index contributed by atoms with van der Waals surface area (Å²) in [6.07, 6.45) is 55.1. The molecule has 9 heteroatoms. The maximum atomic E-state index is 12.8. The van der Waals surface area contributed by atoms with Crippen molar-refractivity contribution in [3.63, 3.8) is 0 Å². The summed E-state index contributed by atoms with van der Waals surface area (Å²) < 4.78 is 23.5. The third-order valence-electron chi connectivity index (χ3n) is 13.1. The second kappa shape index (κ2) is 46.6. The van der Waals surface area contributed by atoms with Gasteiger partial charge in [-0.3, -0.25) is 13.8 Å². The number of hydrogen-bond donors (Lipinski definition) is 3. The third kappa shape index (κ3) is 49.2. The number of nitrogens with one attached hydrogen (secondary N) is 1. The standard InChI is InChI=1S/C54H111N2O6P/c1-6-8-10-12-14-15-16-17-18-19-20-21-22-23-24-25-26-27-28-29-30-31-32-33-34-35-36-37-38-39-40-41-42-44-46-48-54(58)55-52(53(57)47-45-43-13-11-9-7-2)51-62-63(59,60)61-50-49-56(3,4)5/h52-53,57H,6-51H2,1-5H3,(H-,55,58,59,60)/p+1. The monoisotopic (exact) mass is 916 g/mol. The number of aliphatic hydroxyl groups is 1. The van der Waals surface area contributed by atoms with Crippen LogP contribution in [-0.2, 0) is 18.4 Å². The Labute approximate surface area is 393 Å². The number of likely N-dealkylation sites (N-methyl/N-ethyl adjacent to an activating group) is 1. The van der Waals surface area contributed by atoms with Crippen molar-refractivity contribution in [2.75, 3.05) is 40.9 Å². The Hall–Kier alpha value is -0.500. The molecule has 0 aliphatic carbocycles. The zero-order valence-electron chi connectivity index (χ0n) is 43.1. The zero-order chi connectivity index (χ0) is 46.4. The number of phosphoric acid groups is 1. The highest BCUT2D eigenvalue weighted by Crippen LogP contribution is 2.43. The van der Waals surface area contributed by atoms with Gasteiger partial charge in [-0.25, -0.2) is 4.57 Å². The van der Waals surface area contributed by atoms with Crippen molar-refractivity contribution in [1.82, 2.24) is 5.32 Å². The number of carbonyl (C=O) groups is 1. The van der Waals surface area contributed by atoms with Crippen LogP contribution in [0.25, 0.3) is 0 Å². The number of rotatable bonds is 52. The zero-order valence-corrected chi connectivity index (χ0v) is 44.0. The molecule has 0 rings (SSSR count). The molecular weight excluding hydrogens is 804 g/mol. The Kier molecular flexibility index (Phi) is 46.2. The van der Waals surface area contributed by atoms with Crippen LogP contribution < -0.4 is 5.32 Å². The third-order valence-corrected chi connectivity index (χ3v) is 14.1. The molecule has 0 aromatic carbocycles. The Bertz CT molecular complexity index is 994. The molecule has 1 amide bonds. The quantitative estimate of drug-likeness (QED) is 0.0319. The smallest absolute Gasteiger partial charge is 0.391 e. The van der Waals surface area contributed by atoms with Crippen molar-refractivity contribution in [3.8, 4) is 0 Å². The lowest BCUT2D eigenvalue weighted by molar-refractivity contribution is -0.870. The van der Waals surface area contributed by atoms with Crippen molar-refractivity contribution in [1.29, 1.82) is 0 Å². The lowest BCUT2D eigenvalue weighted by atomic mass is 10.0. The van der Waals surface area contributed by atoms with Gasteiger partial charge in [-0.15, -0.1) is 0 Å². The van der Waals surface area contributed by atoms with Gasteiger partial charge in [0.15, 0.2) is 0 Å². The highest BCUT2D eigenvalue weighted by atomic mass is 31.2. The number of unbranched alkanes of at least 4 members (excludes halogenated alkanes) is 39. The van der Waals surface area contributed by atoms with Crippen LogP contribution in [0.2, 0.25) is 0 Å². The average Bonchev–Trinajstić information content (AvgIpc) is 3.24. The molecule has 8 nitrogen and oxygen atoms in total. The van der Waals surface area contributed by atoms with Crippen molar-refractivity contribution >= 4 is 13.7 Å². The summed E-state index contributed by atoms with van der Waals surface area (Å²) in [5, 5.41) is 13.8. The number of nitrogens with zero attached hydrogens (tertiary/aromatic N) is 1. The van der Waals surface area contributed by atoms with E-state index in [9.17, 15) is 19.4 Å². The summed E-state index contributed by atoms with van der Waals surface area (Å²) >= 11 is 0. The molecule has 3 N–H and O–H groups in total. The predicted octanol–water partition coefficient (Wildman–Crippen LogP) is 16.5. The van der Waals surface area contributed by atoms with Gasteiger partial charge in [0, 0.05) is 6.42 Å². The molecule has 0 spiro atoms. The molecule has 0 aromatic rings. The lowest BCUT2D eigenvalue weighted by Gasteiger charge is -2.26. The normalized spacial score (nSPS) is 14.0. The number of carbonyl (C=O) groups excluding carboxylic acids is 1. The first-order valence-electron chi connectivity index (χ1n) is 27.9. The summed E-state index contributed by atoms with van der Waals surface area (Å²) in [5.41, 5.74) is 0. The number of quaternary nitrogens is 1. The van der Waals surface area contributed by atoms with Gasteiger partial charge in [-0.05, 0) is 12.8 Å². The van der Waals surface area contributed by atoms with Crippen molar-refractivity contribution < 1.29 is 32.9 Å². The van der Waals surface area contributed by atoms with E-state index < -0.39 is 20.0 Å². The van der Waals surface area contributed by atoms with Crippen LogP contribution in [-0.4, -0.2) is 73.4 Å². The first kappa shape index (κ1) is 62.5. The van der Waals surface area contributed by atoms with Gasteiger partial charge in [-0.2, -0.15) is 0 Å². The number of phosphoric ester groups is 1. The van der Waals surface area contributed by atoms with Crippen LogP contribution in [0.3, 0.4) is 0 Å². The van der Waals surface area contributed by atoms with Gasteiger partial charge in [0.2, 0.25) is 5.91 Å². The summed E-state index contributed by atoms with van der Waals surface area (Å²) in [5.74, 6) is -0.143. The Morgan fingerprint density at radius 2 is 0.762 bits per heavy atom. The Balaban J connectivity index is 3.71. The predicted molar refractivity (Wildman–Crippen MR) is 272 cm³/mol. The highest BCUT2D eigenvalue weighted by Gasteiger charge is 2.28. The average molecular weight is 916 g/mol.